The Balaban J connectivity index is 2.69. The van der Waals surface area contributed by atoms with E-state index in [1.807, 2.05) is 6.92 Å². The number of rotatable bonds is 5. The van der Waals surface area contributed by atoms with Gasteiger partial charge in [-0.15, -0.1) is 0 Å². The molecule has 92 valence electrons. The van der Waals surface area contributed by atoms with Crippen molar-refractivity contribution in [1.82, 2.24) is 10.2 Å². The Morgan fingerprint density at radius 3 is 2.50 bits per heavy atom. The zero-order valence-corrected chi connectivity index (χ0v) is 10.5. The molecule has 0 spiro atoms. The Labute approximate surface area is 97.4 Å². The van der Waals surface area contributed by atoms with Gasteiger partial charge in [0, 0.05) is 6.54 Å². The molecular formula is C12H22N2O2. The summed E-state index contributed by atoms with van der Waals surface area (Å²) in [7, 11) is 0. The fourth-order valence-corrected chi connectivity index (χ4v) is 2.00. The lowest BCUT2D eigenvalue weighted by molar-refractivity contribution is -0.148. The monoisotopic (exact) mass is 226 g/mol. The summed E-state index contributed by atoms with van der Waals surface area (Å²) in [6.45, 7) is 6.60. The first kappa shape index (κ1) is 13.0. The highest BCUT2D eigenvalue weighted by atomic mass is 16.2. The Bertz CT molecular complexity index is 266. The highest BCUT2D eigenvalue weighted by molar-refractivity contribution is 5.96. The van der Waals surface area contributed by atoms with Crippen LogP contribution in [-0.2, 0) is 9.59 Å². The quantitative estimate of drug-likeness (QED) is 0.768. The van der Waals surface area contributed by atoms with Crippen LogP contribution in [-0.4, -0.2) is 35.3 Å². The van der Waals surface area contributed by atoms with E-state index in [0.717, 1.165) is 25.7 Å². The third-order valence-electron chi connectivity index (χ3n) is 3.07. The minimum absolute atomic E-state index is 0.0193. The molecule has 4 nitrogen and oxygen atoms in total. The van der Waals surface area contributed by atoms with Crippen molar-refractivity contribution in [2.24, 2.45) is 0 Å². The number of carbonyl (C=O) groups excluding carboxylic acids is 2. The lowest BCUT2D eigenvalue weighted by Gasteiger charge is -2.37. The van der Waals surface area contributed by atoms with E-state index in [1.165, 1.54) is 0 Å². The molecular weight excluding hydrogens is 204 g/mol. The average molecular weight is 226 g/mol. The van der Waals surface area contributed by atoms with E-state index < -0.39 is 0 Å². The Morgan fingerprint density at radius 2 is 1.94 bits per heavy atom. The topological polar surface area (TPSA) is 49.4 Å². The van der Waals surface area contributed by atoms with Gasteiger partial charge in [0.2, 0.25) is 11.8 Å². The first-order chi connectivity index (χ1) is 7.61. The standard InChI is InChI=1S/C12H22N2O2/c1-4-6-8-14-9(3)11(15)13-10(7-5-2)12(14)16/h9-10H,4-8H2,1-3H3,(H,13,15). The van der Waals surface area contributed by atoms with Crippen LogP contribution >= 0.6 is 0 Å². The minimum atomic E-state index is -0.313. The predicted octanol–water partition coefficient (Wildman–Crippen LogP) is 1.30. The highest BCUT2D eigenvalue weighted by Gasteiger charge is 2.36. The van der Waals surface area contributed by atoms with Gasteiger partial charge in [-0.05, 0) is 19.8 Å². The molecule has 16 heavy (non-hydrogen) atoms. The minimum Gasteiger partial charge on any atom is -0.343 e. The molecule has 1 fully saturated rings. The van der Waals surface area contributed by atoms with Gasteiger partial charge >= 0.3 is 0 Å². The third kappa shape index (κ3) is 2.74. The smallest absolute Gasteiger partial charge is 0.245 e. The molecule has 0 aliphatic carbocycles. The molecule has 2 unspecified atom stereocenters. The molecule has 0 bridgehead atoms. The fraction of sp³-hybridized carbons (Fsp3) is 0.833. The van der Waals surface area contributed by atoms with Crippen LogP contribution in [0, 0.1) is 0 Å². The van der Waals surface area contributed by atoms with Gasteiger partial charge in [0.25, 0.3) is 0 Å². The summed E-state index contributed by atoms with van der Waals surface area (Å²) < 4.78 is 0. The second-order valence-corrected chi connectivity index (χ2v) is 4.41. The maximum Gasteiger partial charge on any atom is 0.245 e. The SMILES string of the molecule is CCCCN1C(=O)C(CCC)NC(=O)C1C. The van der Waals surface area contributed by atoms with E-state index in [-0.39, 0.29) is 23.9 Å². The number of amides is 2. The van der Waals surface area contributed by atoms with Gasteiger partial charge in [-0.2, -0.15) is 0 Å². The maximum absolute atomic E-state index is 12.1. The Hall–Kier alpha value is -1.06. The summed E-state index contributed by atoms with van der Waals surface area (Å²) >= 11 is 0. The average Bonchev–Trinajstić information content (AvgIpc) is 2.26. The molecule has 0 aromatic heterocycles. The van der Waals surface area contributed by atoms with E-state index in [1.54, 1.807) is 11.8 Å². The molecule has 0 aromatic rings. The number of nitrogens with zero attached hydrogens (tertiary/aromatic N) is 1. The van der Waals surface area contributed by atoms with E-state index in [4.69, 9.17) is 0 Å². The van der Waals surface area contributed by atoms with Crippen molar-refractivity contribution < 1.29 is 9.59 Å². The van der Waals surface area contributed by atoms with Crippen LogP contribution in [0.25, 0.3) is 0 Å². The van der Waals surface area contributed by atoms with Crippen molar-refractivity contribution in [3.63, 3.8) is 0 Å². The number of unbranched alkanes of at least 4 members (excludes halogenated alkanes) is 1. The third-order valence-corrected chi connectivity index (χ3v) is 3.07. The first-order valence-electron chi connectivity index (χ1n) is 6.22. The maximum atomic E-state index is 12.1. The van der Waals surface area contributed by atoms with Crippen molar-refractivity contribution in [2.45, 2.75) is 58.5 Å². The number of hydrogen-bond acceptors (Lipinski definition) is 2. The zero-order valence-electron chi connectivity index (χ0n) is 10.5. The number of carbonyl (C=O) groups is 2. The molecule has 2 amide bonds. The van der Waals surface area contributed by atoms with Crippen LogP contribution in [0.15, 0.2) is 0 Å². The van der Waals surface area contributed by atoms with Gasteiger partial charge in [0.15, 0.2) is 0 Å². The van der Waals surface area contributed by atoms with Crippen LogP contribution < -0.4 is 5.32 Å². The van der Waals surface area contributed by atoms with E-state index >= 15 is 0 Å². The van der Waals surface area contributed by atoms with Gasteiger partial charge in [-0.1, -0.05) is 26.7 Å². The summed E-state index contributed by atoms with van der Waals surface area (Å²) in [4.78, 5) is 25.5. The number of piperazine rings is 1. The summed E-state index contributed by atoms with van der Waals surface area (Å²) in [5, 5.41) is 2.79. The summed E-state index contributed by atoms with van der Waals surface area (Å²) in [6.07, 6.45) is 3.64. The van der Waals surface area contributed by atoms with Crippen LogP contribution in [0.3, 0.4) is 0 Å². The van der Waals surface area contributed by atoms with Gasteiger partial charge in [0.1, 0.15) is 12.1 Å². The van der Waals surface area contributed by atoms with Gasteiger partial charge in [-0.3, -0.25) is 9.59 Å². The summed E-state index contributed by atoms with van der Waals surface area (Å²) in [5.41, 5.74) is 0. The summed E-state index contributed by atoms with van der Waals surface area (Å²) in [6, 6.07) is -0.613. The molecule has 1 aliphatic rings. The van der Waals surface area contributed by atoms with E-state index in [0.29, 0.717) is 6.54 Å². The Kier molecular flexibility index (Phi) is 4.77. The molecule has 1 saturated heterocycles. The van der Waals surface area contributed by atoms with E-state index in [2.05, 4.69) is 12.2 Å². The molecule has 2 atom stereocenters. The molecule has 0 aromatic carbocycles. The first-order valence-corrected chi connectivity index (χ1v) is 6.22. The Morgan fingerprint density at radius 1 is 1.25 bits per heavy atom. The highest BCUT2D eigenvalue weighted by Crippen LogP contribution is 2.14. The van der Waals surface area contributed by atoms with Crippen LogP contribution in [0.1, 0.15) is 46.5 Å². The second kappa shape index (κ2) is 5.87. The van der Waals surface area contributed by atoms with Gasteiger partial charge in [-0.25, -0.2) is 0 Å². The molecule has 1 aliphatic heterocycles. The van der Waals surface area contributed by atoms with Crippen LogP contribution in [0.4, 0.5) is 0 Å². The molecule has 1 N–H and O–H groups in total. The molecule has 0 radical (unpaired) electrons. The van der Waals surface area contributed by atoms with Crippen molar-refractivity contribution in [2.75, 3.05) is 6.54 Å². The summed E-state index contributed by atoms with van der Waals surface area (Å²) in [5.74, 6) is 0.0663. The van der Waals surface area contributed by atoms with Crippen LogP contribution in [0.5, 0.6) is 0 Å². The fourth-order valence-electron chi connectivity index (χ4n) is 2.00. The number of nitrogens with one attached hydrogen (secondary N) is 1. The molecule has 1 rings (SSSR count). The normalized spacial score (nSPS) is 25.8. The molecule has 1 heterocycles. The second-order valence-electron chi connectivity index (χ2n) is 4.41. The van der Waals surface area contributed by atoms with Crippen molar-refractivity contribution in [1.29, 1.82) is 0 Å². The van der Waals surface area contributed by atoms with Crippen molar-refractivity contribution >= 4 is 11.8 Å². The van der Waals surface area contributed by atoms with Gasteiger partial charge in [0.05, 0.1) is 0 Å². The zero-order chi connectivity index (χ0) is 12.1. The lowest BCUT2D eigenvalue weighted by Crippen LogP contribution is -2.62. The van der Waals surface area contributed by atoms with E-state index in [9.17, 15) is 9.59 Å². The number of hydrogen-bond donors (Lipinski definition) is 1. The van der Waals surface area contributed by atoms with Gasteiger partial charge < -0.3 is 10.2 Å². The van der Waals surface area contributed by atoms with Crippen molar-refractivity contribution in [3.8, 4) is 0 Å². The van der Waals surface area contributed by atoms with Crippen molar-refractivity contribution in [3.05, 3.63) is 0 Å². The van der Waals surface area contributed by atoms with Crippen LogP contribution in [0.2, 0.25) is 0 Å². The lowest BCUT2D eigenvalue weighted by atomic mass is 10.0. The molecule has 4 heteroatoms. The molecule has 0 saturated carbocycles. The predicted molar refractivity (Wildman–Crippen MR) is 62.9 cm³/mol. The largest absolute Gasteiger partial charge is 0.343 e.